The molecule has 25 heavy (non-hydrogen) atoms. The van der Waals surface area contributed by atoms with Gasteiger partial charge in [-0.05, 0) is 25.1 Å². The lowest BCUT2D eigenvalue weighted by molar-refractivity contribution is 0.0463. The minimum atomic E-state index is -0.627. The predicted molar refractivity (Wildman–Crippen MR) is 90.2 cm³/mol. The Labute approximate surface area is 144 Å². The fourth-order valence-electron chi connectivity index (χ4n) is 2.28. The number of nitrogens with two attached hydrogens (primary N) is 1. The van der Waals surface area contributed by atoms with Crippen molar-refractivity contribution in [2.75, 3.05) is 0 Å². The first-order valence-electron chi connectivity index (χ1n) is 7.59. The van der Waals surface area contributed by atoms with Crippen LogP contribution in [0.15, 0.2) is 54.7 Å². The third-order valence-corrected chi connectivity index (χ3v) is 3.64. The number of nitrogens with zero attached hydrogens (tertiary/aromatic N) is 3. The van der Waals surface area contributed by atoms with Gasteiger partial charge in [0.1, 0.15) is 6.61 Å². The summed E-state index contributed by atoms with van der Waals surface area (Å²) in [7, 11) is 0. The van der Waals surface area contributed by atoms with Gasteiger partial charge in [-0.2, -0.15) is 0 Å². The zero-order valence-corrected chi connectivity index (χ0v) is 13.5. The minimum absolute atomic E-state index is 0.0741. The van der Waals surface area contributed by atoms with Crippen molar-refractivity contribution >= 4 is 11.9 Å². The molecule has 0 atom stereocenters. The van der Waals surface area contributed by atoms with Crippen LogP contribution in [0, 0.1) is 6.92 Å². The quantitative estimate of drug-likeness (QED) is 0.719. The molecule has 2 N–H and O–H groups in total. The van der Waals surface area contributed by atoms with Crippen LogP contribution in [0.1, 0.15) is 32.0 Å². The maximum Gasteiger partial charge on any atom is 0.360 e. The van der Waals surface area contributed by atoms with E-state index in [9.17, 15) is 9.59 Å². The SMILES string of the molecule is Cc1ccc(-n2cc(C(=O)OCc3ccccc3C(N)=O)nn2)cc1. The first-order chi connectivity index (χ1) is 12.0. The normalized spacial score (nSPS) is 10.4. The van der Waals surface area contributed by atoms with Crippen molar-refractivity contribution in [1.82, 2.24) is 15.0 Å². The van der Waals surface area contributed by atoms with Crippen molar-refractivity contribution in [2.45, 2.75) is 13.5 Å². The van der Waals surface area contributed by atoms with Gasteiger partial charge in [-0.3, -0.25) is 4.79 Å². The molecule has 0 saturated carbocycles. The van der Waals surface area contributed by atoms with Crippen molar-refractivity contribution in [1.29, 1.82) is 0 Å². The summed E-state index contributed by atoms with van der Waals surface area (Å²) in [4.78, 5) is 23.5. The van der Waals surface area contributed by atoms with Crippen LogP contribution < -0.4 is 5.73 Å². The van der Waals surface area contributed by atoms with E-state index in [-0.39, 0.29) is 12.3 Å². The molecule has 1 aromatic heterocycles. The summed E-state index contributed by atoms with van der Waals surface area (Å²) in [5.74, 6) is -1.20. The van der Waals surface area contributed by atoms with E-state index >= 15 is 0 Å². The number of ether oxygens (including phenoxy) is 1. The maximum absolute atomic E-state index is 12.1. The van der Waals surface area contributed by atoms with Crippen LogP contribution in [0.25, 0.3) is 5.69 Å². The second-order valence-electron chi connectivity index (χ2n) is 5.48. The zero-order valence-electron chi connectivity index (χ0n) is 13.5. The zero-order chi connectivity index (χ0) is 17.8. The van der Waals surface area contributed by atoms with Crippen molar-refractivity contribution < 1.29 is 14.3 Å². The van der Waals surface area contributed by atoms with E-state index in [1.165, 1.54) is 10.9 Å². The largest absolute Gasteiger partial charge is 0.456 e. The molecule has 2 aromatic carbocycles. The molecule has 0 bridgehead atoms. The predicted octanol–water partition coefficient (Wildman–Crippen LogP) is 2.03. The topological polar surface area (TPSA) is 100 Å². The molecule has 126 valence electrons. The van der Waals surface area contributed by atoms with Gasteiger partial charge >= 0.3 is 5.97 Å². The number of hydrogen-bond donors (Lipinski definition) is 1. The Kier molecular flexibility index (Phi) is 4.56. The molecule has 0 aliphatic carbocycles. The van der Waals surface area contributed by atoms with E-state index in [4.69, 9.17) is 10.5 Å². The summed E-state index contributed by atoms with van der Waals surface area (Å²) in [5, 5.41) is 7.76. The molecular formula is C18H16N4O3. The van der Waals surface area contributed by atoms with Gasteiger partial charge in [-0.25, -0.2) is 9.48 Å². The van der Waals surface area contributed by atoms with Crippen LogP contribution in [0.3, 0.4) is 0 Å². The Morgan fingerprint density at radius 3 is 2.56 bits per heavy atom. The standard InChI is InChI=1S/C18H16N4O3/c1-12-6-8-14(9-7-12)22-10-16(20-21-22)18(24)25-11-13-4-2-3-5-15(13)17(19)23/h2-10H,11H2,1H3,(H2,19,23). The van der Waals surface area contributed by atoms with Crippen LogP contribution in [-0.2, 0) is 11.3 Å². The van der Waals surface area contributed by atoms with Crippen LogP contribution in [0.5, 0.6) is 0 Å². The molecular weight excluding hydrogens is 320 g/mol. The third kappa shape index (κ3) is 3.72. The number of primary amides is 1. The summed E-state index contributed by atoms with van der Waals surface area (Å²) in [6.07, 6.45) is 1.49. The molecule has 0 radical (unpaired) electrons. The number of aromatic nitrogens is 3. The first-order valence-corrected chi connectivity index (χ1v) is 7.59. The molecule has 0 aliphatic rings. The van der Waals surface area contributed by atoms with Gasteiger partial charge in [0, 0.05) is 11.1 Å². The number of benzene rings is 2. The Balaban J connectivity index is 1.70. The molecule has 0 aliphatic heterocycles. The highest BCUT2D eigenvalue weighted by Gasteiger charge is 2.15. The average molecular weight is 336 g/mol. The fourth-order valence-corrected chi connectivity index (χ4v) is 2.28. The Morgan fingerprint density at radius 2 is 1.84 bits per heavy atom. The Morgan fingerprint density at radius 1 is 1.12 bits per heavy atom. The van der Waals surface area contributed by atoms with E-state index < -0.39 is 11.9 Å². The number of hydrogen-bond acceptors (Lipinski definition) is 5. The monoisotopic (exact) mass is 336 g/mol. The van der Waals surface area contributed by atoms with Crippen LogP contribution in [-0.4, -0.2) is 26.9 Å². The highest BCUT2D eigenvalue weighted by atomic mass is 16.5. The molecule has 1 amide bonds. The smallest absolute Gasteiger partial charge is 0.360 e. The maximum atomic E-state index is 12.1. The van der Waals surface area contributed by atoms with Gasteiger partial charge < -0.3 is 10.5 Å². The molecule has 3 rings (SSSR count). The molecule has 0 saturated heterocycles. The highest BCUT2D eigenvalue weighted by Crippen LogP contribution is 2.12. The van der Waals surface area contributed by atoms with E-state index in [0.29, 0.717) is 11.1 Å². The van der Waals surface area contributed by atoms with Gasteiger partial charge in [0.2, 0.25) is 5.91 Å². The number of aryl methyl sites for hydroxylation is 1. The number of amides is 1. The third-order valence-electron chi connectivity index (χ3n) is 3.64. The van der Waals surface area contributed by atoms with E-state index in [0.717, 1.165) is 11.3 Å². The van der Waals surface area contributed by atoms with Crippen LogP contribution in [0.2, 0.25) is 0 Å². The summed E-state index contributed by atoms with van der Waals surface area (Å²) < 4.78 is 6.70. The summed E-state index contributed by atoms with van der Waals surface area (Å²) >= 11 is 0. The molecule has 0 unspecified atom stereocenters. The van der Waals surface area contributed by atoms with Crippen molar-refractivity contribution in [2.24, 2.45) is 5.73 Å². The van der Waals surface area contributed by atoms with Crippen molar-refractivity contribution in [3.05, 3.63) is 77.1 Å². The van der Waals surface area contributed by atoms with Crippen molar-refractivity contribution in [3.8, 4) is 5.69 Å². The van der Waals surface area contributed by atoms with Gasteiger partial charge in [-0.15, -0.1) is 5.10 Å². The fraction of sp³-hybridized carbons (Fsp3) is 0.111. The molecule has 7 heteroatoms. The minimum Gasteiger partial charge on any atom is -0.456 e. The Bertz CT molecular complexity index is 916. The summed E-state index contributed by atoms with van der Waals surface area (Å²) in [5.41, 5.74) is 8.15. The summed E-state index contributed by atoms with van der Waals surface area (Å²) in [6, 6.07) is 14.3. The molecule has 3 aromatic rings. The number of carbonyl (C=O) groups excluding carboxylic acids is 2. The van der Waals surface area contributed by atoms with Gasteiger partial charge in [-0.1, -0.05) is 41.1 Å². The number of rotatable bonds is 5. The number of esters is 1. The second kappa shape index (κ2) is 6.96. The van der Waals surface area contributed by atoms with Gasteiger partial charge in [0.15, 0.2) is 5.69 Å². The second-order valence-corrected chi connectivity index (χ2v) is 5.48. The molecule has 0 spiro atoms. The lowest BCUT2D eigenvalue weighted by Crippen LogP contribution is -2.15. The first kappa shape index (κ1) is 16.4. The average Bonchev–Trinajstić information content (AvgIpc) is 3.10. The molecule has 1 heterocycles. The number of carbonyl (C=O) groups is 2. The molecule has 0 fully saturated rings. The van der Waals surface area contributed by atoms with Crippen LogP contribution in [0.4, 0.5) is 0 Å². The van der Waals surface area contributed by atoms with E-state index in [1.807, 2.05) is 31.2 Å². The van der Waals surface area contributed by atoms with E-state index in [1.54, 1.807) is 24.3 Å². The summed E-state index contributed by atoms with van der Waals surface area (Å²) in [6.45, 7) is 1.91. The van der Waals surface area contributed by atoms with Gasteiger partial charge in [0.25, 0.3) is 0 Å². The van der Waals surface area contributed by atoms with Crippen LogP contribution >= 0.6 is 0 Å². The van der Waals surface area contributed by atoms with Gasteiger partial charge in [0.05, 0.1) is 11.9 Å². The van der Waals surface area contributed by atoms with Crippen molar-refractivity contribution in [3.63, 3.8) is 0 Å². The molecule has 7 nitrogen and oxygen atoms in total. The lowest BCUT2D eigenvalue weighted by atomic mass is 10.1. The van der Waals surface area contributed by atoms with E-state index in [2.05, 4.69) is 10.3 Å². The lowest BCUT2D eigenvalue weighted by Gasteiger charge is -2.06. The Hall–Kier alpha value is -3.48. The highest BCUT2D eigenvalue weighted by molar-refractivity contribution is 5.94.